The lowest BCUT2D eigenvalue weighted by Gasteiger charge is -2.03. The molecule has 0 saturated carbocycles. The highest BCUT2D eigenvalue weighted by Crippen LogP contribution is 2.13. The van der Waals surface area contributed by atoms with E-state index in [-0.39, 0.29) is 17.8 Å². The van der Waals surface area contributed by atoms with Gasteiger partial charge in [-0.25, -0.2) is 8.78 Å². The Morgan fingerprint density at radius 1 is 1.18 bits per heavy atom. The molecule has 1 aromatic rings. The maximum atomic E-state index is 13.3. The van der Waals surface area contributed by atoms with Crippen molar-refractivity contribution in [3.05, 3.63) is 35.4 Å². The topological polar surface area (TPSA) is 17.1 Å². The van der Waals surface area contributed by atoms with E-state index >= 15 is 0 Å². The molecule has 0 fully saturated rings. The zero-order valence-electron chi connectivity index (χ0n) is 10.1. The highest BCUT2D eigenvalue weighted by atomic mass is 19.2. The molecule has 0 aromatic heterocycles. The minimum Gasteiger partial charge on any atom is -0.299 e. The molecule has 17 heavy (non-hydrogen) atoms. The summed E-state index contributed by atoms with van der Waals surface area (Å²) in [6.07, 6.45) is 4.54. The first-order valence-electron chi connectivity index (χ1n) is 6.09. The maximum Gasteiger partial charge on any atom is 0.162 e. The van der Waals surface area contributed by atoms with Crippen LogP contribution in [0.5, 0.6) is 0 Å². The van der Waals surface area contributed by atoms with Crippen molar-refractivity contribution in [2.24, 2.45) is 0 Å². The van der Waals surface area contributed by atoms with Crippen molar-refractivity contribution in [2.75, 3.05) is 0 Å². The van der Waals surface area contributed by atoms with Crippen LogP contribution in [-0.2, 0) is 11.2 Å². The van der Waals surface area contributed by atoms with Gasteiger partial charge < -0.3 is 0 Å². The molecule has 0 aliphatic carbocycles. The number of rotatable bonds is 7. The lowest BCUT2D eigenvalue weighted by Crippen LogP contribution is -2.05. The number of Topliss-reactive ketones (excluding diaryl/α,β-unsaturated/α-hetero) is 1. The minimum atomic E-state index is -0.894. The van der Waals surface area contributed by atoms with Gasteiger partial charge in [0, 0.05) is 12.8 Å². The number of hydrogen-bond acceptors (Lipinski definition) is 1. The Labute approximate surface area is 101 Å². The second-order valence-corrected chi connectivity index (χ2v) is 4.24. The molecule has 94 valence electrons. The molecule has 0 unspecified atom stereocenters. The summed E-state index contributed by atoms with van der Waals surface area (Å²) >= 11 is 0. The number of hydrogen-bond donors (Lipinski definition) is 0. The average Bonchev–Trinajstić information content (AvgIpc) is 2.31. The van der Waals surface area contributed by atoms with Gasteiger partial charge >= 0.3 is 0 Å². The van der Waals surface area contributed by atoms with E-state index in [1.54, 1.807) is 0 Å². The summed E-state index contributed by atoms with van der Waals surface area (Å²) in [6.45, 7) is 2.10. The van der Waals surface area contributed by atoms with Crippen molar-refractivity contribution in [3.8, 4) is 0 Å². The van der Waals surface area contributed by atoms with E-state index in [9.17, 15) is 13.6 Å². The summed E-state index contributed by atoms with van der Waals surface area (Å²) in [5, 5.41) is 0. The average molecular weight is 240 g/mol. The first-order valence-corrected chi connectivity index (χ1v) is 6.09. The predicted octanol–water partition coefficient (Wildman–Crippen LogP) is 4.05. The smallest absolute Gasteiger partial charge is 0.162 e. The van der Waals surface area contributed by atoms with E-state index in [1.807, 2.05) is 0 Å². The lowest BCUT2D eigenvalue weighted by molar-refractivity contribution is -0.118. The number of benzene rings is 1. The third-order valence-corrected chi connectivity index (χ3v) is 2.73. The summed E-state index contributed by atoms with van der Waals surface area (Å²) < 4.78 is 26.2. The summed E-state index contributed by atoms with van der Waals surface area (Å²) in [4.78, 5) is 11.6. The predicted molar refractivity (Wildman–Crippen MR) is 63.8 cm³/mol. The second-order valence-electron chi connectivity index (χ2n) is 4.24. The Kier molecular flexibility index (Phi) is 5.81. The molecule has 0 aliphatic heterocycles. The SMILES string of the molecule is CCCCCCC(=O)Cc1cccc(F)c1F. The number of unbranched alkanes of at least 4 members (excludes halogenated alkanes) is 3. The van der Waals surface area contributed by atoms with Gasteiger partial charge in [-0.1, -0.05) is 38.3 Å². The van der Waals surface area contributed by atoms with E-state index < -0.39 is 11.6 Å². The third kappa shape index (κ3) is 4.63. The highest BCUT2D eigenvalue weighted by Gasteiger charge is 2.11. The summed E-state index contributed by atoms with van der Waals surface area (Å²) in [5.74, 6) is -1.80. The van der Waals surface area contributed by atoms with Gasteiger partial charge in [0.25, 0.3) is 0 Å². The third-order valence-electron chi connectivity index (χ3n) is 2.73. The van der Waals surface area contributed by atoms with Crippen molar-refractivity contribution < 1.29 is 13.6 Å². The molecule has 1 aromatic carbocycles. The standard InChI is InChI=1S/C14H18F2O/c1-2-3-4-5-8-12(17)10-11-7-6-9-13(15)14(11)16/h6-7,9H,2-5,8,10H2,1H3. The number of carbonyl (C=O) groups excluding carboxylic acids is 1. The van der Waals surface area contributed by atoms with Crippen LogP contribution in [0.15, 0.2) is 18.2 Å². The van der Waals surface area contributed by atoms with Crippen LogP contribution in [0, 0.1) is 11.6 Å². The van der Waals surface area contributed by atoms with Gasteiger partial charge in [0.1, 0.15) is 5.78 Å². The van der Waals surface area contributed by atoms with E-state index in [0.717, 1.165) is 31.7 Å². The largest absolute Gasteiger partial charge is 0.299 e. The zero-order valence-corrected chi connectivity index (χ0v) is 10.1. The first-order chi connectivity index (χ1) is 8.15. The molecule has 0 bridgehead atoms. The van der Waals surface area contributed by atoms with Gasteiger partial charge in [0.2, 0.25) is 0 Å². The van der Waals surface area contributed by atoms with Crippen LogP contribution in [0.2, 0.25) is 0 Å². The maximum absolute atomic E-state index is 13.3. The molecule has 0 radical (unpaired) electrons. The fraction of sp³-hybridized carbons (Fsp3) is 0.500. The molecular weight excluding hydrogens is 222 g/mol. The van der Waals surface area contributed by atoms with Crippen LogP contribution >= 0.6 is 0 Å². The molecule has 1 nitrogen and oxygen atoms in total. The van der Waals surface area contributed by atoms with E-state index in [1.165, 1.54) is 12.1 Å². The molecule has 0 spiro atoms. The van der Waals surface area contributed by atoms with Gasteiger partial charge in [-0.3, -0.25) is 4.79 Å². The van der Waals surface area contributed by atoms with Crippen molar-refractivity contribution in [1.82, 2.24) is 0 Å². The molecule has 0 N–H and O–H groups in total. The quantitative estimate of drug-likeness (QED) is 0.657. The Morgan fingerprint density at radius 2 is 1.94 bits per heavy atom. The Hall–Kier alpha value is -1.25. The molecule has 0 aliphatic rings. The van der Waals surface area contributed by atoms with Crippen LogP contribution in [-0.4, -0.2) is 5.78 Å². The number of halogens is 2. The fourth-order valence-corrected chi connectivity index (χ4v) is 1.73. The van der Waals surface area contributed by atoms with Crippen molar-refractivity contribution in [2.45, 2.75) is 45.4 Å². The first kappa shape index (κ1) is 13.8. The lowest BCUT2D eigenvalue weighted by atomic mass is 10.0. The highest BCUT2D eigenvalue weighted by molar-refractivity contribution is 5.80. The van der Waals surface area contributed by atoms with E-state index in [0.29, 0.717) is 6.42 Å². The fourth-order valence-electron chi connectivity index (χ4n) is 1.73. The van der Waals surface area contributed by atoms with Gasteiger partial charge in [0.15, 0.2) is 11.6 Å². The summed E-state index contributed by atoms with van der Waals surface area (Å²) in [7, 11) is 0. The van der Waals surface area contributed by atoms with Gasteiger partial charge in [0.05, 0.1) is 0 Å². The van der Waals surface area contributed by atoms with Crippen LogP contribution in [0.3, 0.4) is 0 Å². The van der Waals surface area contributed by atoms with E-state index in [4.69, 9.17) is 0 Å². The Bertz CT molecular complexity index is 374. The van der Waals surface area contributed by atoms with E-state index in [2.05, 4.69) is 6.92 Å². The van der Waals surface area contributed by atoms with Gasteiger partial charge in [-0.2, -0.15) is 0 Å². The molecule has 0 atom stereocenters. The normalized spacial score (nSPS) is 10.5. The molecule has 3 heteroatoms. The van der Waals surface area contributed by atoms with Crippen molar-refractivity contribution in [3.63, 3.8) is 0 Å². The Balaban J connectivity index is 2.43. The molecule has 0 amide bonds. The second kappa shape index (κ2) is 7.15. The van der Waals surface area contributed by atoms with Gasteiger partial charge in [-0.05, 0) is 18.1 Å². The van der Waals surface area contributed by atoms with Crippen molar-refractivity contribution >= 4 is 5.78 Å². The van der Waals surface area contributed by atoms with Crippen LogP contribution in [0.4, 0.5) is 8.78 Å². The number of ketones is 1. The minimum absolute atomic E-state index is 0.00425. The summed E-state index contributed by atoms with van der Waals surface area (Å²) in [5.41, 5.74) is 0.158. The zero-order chi connectivity index (χ0) is 12.7. The van der Waals surface area contributed by atoms with Crippen molar-refractivity contribution in [1.29, 1.82) is 0 Å². The monoisotopic (exact) mass is 240 g/mol. The number of carbonyl (C=O) groups is 1. The summed E-state index contributed by atoms with van der Waals surface area (Å²) in [6, 6.07) is 3.95. The van der Waals surface area contributed by atoms with Crippen LogP contribution < -0.4 is 0 Å². The molecule has 0 saturated heterocycles. The molecular formula is C14H18F2O. The van der Waals surface area contributed by atoms with Crippen LogP contribution in [0.25, 0.3) is 0 Å². The van der Waals surface area contributed by atoms with Crippen LogP contribution in [0.1, 0.15) is 44.6 Å². The van der Waals surface area contributed by atoms with Gasteiger partial charge in [-0.15, -0.1) is 0 Å². The molecule has 0 heterocycles. The Morgan fingerprint density at radius 3 is 2.65 bits per heavy atom. The molecule has 1 rings (SSSR count).